The molecule has 2 bridgehead atoms. The number of fused-ring (bicyclic) bond motifs is 2. The number of piperidine rings is 1. The number of hydrogen-bond donors (Lipinski definition) is 0. The summed E-state index contributed by atoms with van der Waals surface area (Å²) in [6.45, 7) is 0. The fourth-order valence-electron chi connectivity index (χ4n) is 3.51. The fourth-order valence-corrected chi connectivity index (χ4v) is 3.63. The highest BCUT2D eigenvalue weighted by Gasteiger charge is 2.42. The summed E-state index contributed by atoms with van der Waals surface area (Å²) in [6.07, 6.45) is 7.99. The van der Waals surface area contributed by atoms with Gasteiger partial charge in [0.15, 0.2) is 0 Å². The predicted octanol–water partition coefficient (Wildman–Crippen LogP) is 3.52. The van der Waals surface area contributed by atoms with Crippen LogP contribution in [0.1, 0.15) is 31.2 Å². The van der Waals surface area contributed by atoms with E-state index in [1.165, 1.54) is 0 Å². The van der Waals surface area contributed by atoms with Gasteiger partial charge in [-0.15, -0.1) is 0 Å². The molecule has 2 heterocycles. The van der Waals surface area contributed by atoms with Gasteiger partial charge in [0, 0.05) is 30.3 Å². The number of benzene rings is 1. The van der Waals surface area contributed by atoms with E-state index in [0.29, 0.717) is 23.2 Å². The van der Waals surface area contributed by atoms with Gasteiger partial charge in [0.05, 0.1) is 6.10 Å². The predicted molar refractivity (Wildman–Crippen MR) is 84.2 cm³/mol. The van der Waals surface area contributed by atoms with Crippen molar-refractivity contribution in [3.8, 4) is 0 Å². The van der Waals surface area contributed by atoms with Crippen LogP contribution in [0.25, 0.3) is 6.08 Å². The molecule has 3 nitrogen and oxygen atoms in total. The number of hydrogen-bond acceptors (Lipinski definition) is 2. The van der Waals surface area contributed by atoms with E-state index < -0.39 is 0 Å². The van der Waals surface area contributed by atoms with Gasteiger partial charge in [-0.1, -0.05) is 23.7 Å². The maximum Gasteiger partial charge on any atom is 0.247 e. The molecule has 1 aromatic rings. The van der Waals surface area contributed by atoms with E-state index in [4.69, 9.17) is 16.3 Å². The number of rotatable bonds is 3. The average molecular weight is 306 g/mol. The second-order valence-corrected chi connectivity index (χ2v) is 6.28. The molecule has 0 spiro atoms. The molecule has 1 aromatic carbocycles. The SMILES string of the molecule is COC1CC2CCC(C1)N2C(=O)/C=C/c1ccc(Cl)cc1. The van der Waals surface area contributed by atoms with Gasteiger partial charge in [-0.3, -0.25) is 4.79 Å². The van der Waals surface area contributed by atoms with Crippen molar-refractivity contribution in [2.75, 3.05) is 7.11 Å². The van der Waals surface area contributed by atoms with E-state index in [-0.39, 0.29) is 5.91 Å². The number of methoxy groups -OCH3 is 1. The molecule has 2 aliphatic heterocycles. The Hall–Kier alpha value is -1.32. The second-order valence-electron chi connectivity index (χ2n) is 5.84. The first-order chi connectivity index (χ1) is 10.2. The molecule has 0 radical (unpaired) electrons. The summed E-state index contributed by atoms with van der Waals surface area (Å²) in [5.41, 5.74) is 0.992. The number of carbonyl (C=O) groups is 1. The molecule has 0 N–H and O–H groups in total. The topological polar surface area (TPSA) is 29.5 Å². The van der Waals surface area contributed by atoms with Crippen molar-refractivity contribution >= 4 is 23.6 Å². The molecule has 3 rings (SSSR count). The number of carbonyl (C=O) groups excluding carboxylic acids is 1. The molecular weight excluding hydrogens is 286 g/mol. The Morgan fingerprint density at radius 1 is 1.24 bits per heavy atom. The van der Waals surface area contributed by atoms with Crippen molar-refractivity contribution in [1.82, 2.24) is 4.90 Å². The van der Waals surface area contributed by atoms with Crippen LogP contribution in [-0.2, 0) is 9.53 Å². The Balaban J connectivity index is 1.67. The third-order valence-corrected chi connectivity index (χ3v) is 4.82. The lowest BCUT2D eigenvalue weighted by Crippen LogP contribution is -2.47. The van der Waals surface area contributed by atoms with Gasteiger partial charge in [0.25, 0.3) is 0 Å². The lowest BCUT2D eigenvalue weighted by atomic mass is 9.99. The van der Waals surface area contributed by atoms with E-state index >= 15 is 0 Å². The molecule has 2 aliphatic rings. The van der Waals surface area contributed by atoms with E-state index in [1.54, 1.807) is 13.2 Å². The average Bonchev–Trinajstić information content (AvgIpc) is 2.77. The molecule has 0 saturated carbocycles. The number of ether oxygens (including phenoxy) is 1. The van der Waals surface area contributed by atoms with Crippen molar-refractivity contribution in [3.63, 3.8) is 0 Å². The van der Waals surface area contributed by atoms with E-state index in [1.807, 2.05) is 30.3 Å². The maximum absolute atomic E-state index is 12.5. The van der Waals surface area contributed by atoms with Crippen LogP contribution in [0, 0.1) is 0 Å². The smallest absolute Gasteiger partial charge is 0.247 e. The van der Waals surface area contributed by atoms with Gasteiger partial charge in [0.1, 0.15) is 0 Å². The summed E-state index contributed by atoms with van der Waals surface area (Å²) >= 11 is 5.86. The zero-order valence-corrected chi connectivity index (χ0v) is 12.9. The van der Waals surface area contributed by atoms with Crippen molar-refractivity contribution in [1.29, 1.82) is 0 Å². The first kappa shape index (κ1) is 14.6. The zero-order valence-electron chi connectivity index (χ0n) is 12.2. The number of nitrogens with zero attached hydrogens (tertiary/aromatic N) is 1. The van der Waals surface area contributed by atoms with Crippen LogP contribution in [0.4, 0.5) is 0 Å². The monoisotopic (exact) mass is 305 g/mol. The molecule has 1 amide bonds. The minimum absolute atomic E-state index is 0.118. The maximum atomic E-state index is 12.5. The van der Waals surface area contributed by atoms with Crippen molar-refractivity contribution < 1.29 is 9.53 Å². The van der Waals surface area contributed by atoms with Crippen LogP contribution in [0.15, 0.2) is 30.3 Å². The fraction of sp³-hybridized carbons (Fsp3) is 0.471. The Morgan fingerprint density at radius 3 is 2.43 bits per heavy atom. The summed E-state index contributed by atoms with van der Waals surface area (Å²) in [6, 6.07) is 8.18. The largest absolute Gasteiger partial charge is 0.381 e. The molecule has 4 heteroatoms. The summed E-state index contributed by atoms with van der Waals surface area (Å²) in [5, 5.41) is 0.707. The van der Waals surface area contributed by atoms with Gasteiger partial charge in [-0.05, 0) is 49.5 Å². The molecule has 21 heavy (non-hydrogen) atoms. The standard InChI is InChI=1S/C17H20ClNO2/c1-21-16-10-14-7-8-15(11-16)19(14)17(20)9-4-12-2-5-13(18)6-3-12/h2-6,9,14-16H,7-8,10-11H2,1H3/b9-4+. The molecule has 0 aliphatic carbocycles. The summed E-state index contributed by atoms with van der Waals surface area (Å²) in [4.78, 5) is 14.5. The van der Waals surface area contributed by atoms with Crippen molar-refractivity contribution in [3.05, 3.63) is 40.9 Å². The summed E-state index contributed by atoms with van der Waals surface area (Å²) in [5.74, 6) is 0.118. The van der Waals surface area contributed by atoms with Crippen LogP contribution >= 0.6 is 11.6 Å². The quantitative estimate of drug-likeness (QED) is 0.800. The highest BCUT2D eigenvalue weighted by atomic mass is 35.5. The Bertz CT molecular complexity index is 526. The minimum atomic E-state index is 0.118. The van der Waals surface area contributed by atoms with Gasteiger partial charge < -0.3 is 9.64 Å². The van der Waals surface area contributed by atoms with Crippen LogP contribution in [0.5, 0.6) is 0 Å². The zero-order chi connectivity index (χ0) is 14.8. The molecule has 2 unspecified atom stereocenters. The Morgan fingerprint density at radius 2 is 1.86 bits per heavy atom. The minimum Gasteiger partial charge on any atom is -0.381 e. The highest BCUT2D eigenvalue weighted by molar-refractivity contribution is 6.30. The van der Waals surface area contributed by atoms with Crippen LogP contribution < -0.4 is 0 Å². The summed E-state index contributed by atoms with van der Waals surface area (Å²) < 4.78 is 5.47. The molecule has 2 atom stereocenters. The van der Waals surface area contributed by atoms with Crippen LogP contribution in [0.2, 0.25) is 5.02 Å². The Kier molecular flexibility index (Phi) is 4.32. The lowest BCUT2D eigenvalue weighted by Gasteiger charge is -2.37. The Labute approximate surface area is 130 Å². The van der Waals surface area contributed by atoms with Gasteiger partial charge in [-0.2, -0.15) is 0 Å². The van der Waals surface area contributed by atoms with E-state index in [9.17, 15) is 4.79 Å². The first-order valence-electron chi connectivity index (χ1n) is 7.46. The first-order valence-corrected chi connectivity index (χ1v) is 7.84. The third kappa shape index (κ3) is 3.14. The number of halogens is 1. The molecule has 2 saturated heterocycles. The van der Waals surface area contributed by atoms with Crippen molar-refractivity contribution in [2.24, 2.45) is 0 Å². The highest BCUT2D eigenvalue weighted by Crippen LogP contribution is 2.36. The van der Waals surface area contributed by atoms with E-state index in [0.717, 1.165) is 31.2 Å². The second kappa shape index (κ2) is 6.20. The van der Waals surface area contributed by atoms with Gasteiger partial charge in [-0.25, -0.2) is 0 Å². The van der Waals surface area contributed by atoms with Gasteiger partial charge in [0.2, 0.25) is 5.91 Å². The van der Waals surface area contributed by atoms with E-state index in [2.05, 4.69) is 4.90 Å². The normalized spacial score (nSPS) is 28.3. The van der Waals surface area contributed by atoms with Crippen LogP contribution in [-0.4, -0.2) is 36.1 Å². The lowest BCUT2D eigenvalue weighted by molar-refractivity contribution is -0.132. The molecule has 0 aromatic heterocycles. The third-order valence-electron chi connectivity index (χ3n) is 4.57. The van der Waals surface area contributed by atoms with Crippen molar-refractivity contribution in [2.45, 2.75) is 43.9 Å². The molecular formula is C17H20ClNO2. The van der Waals surface area contributed by atoms with Gasteiger partial charge >= 0.3 is 0 Å². The number of amides is 1. The molecule has 2 fully saturated rings. The van der Waals surface area contributed by atoms with Crippen LogP contribution in [0.3, 0.4) is 0 Å². The summed E-state index contributed by atoms with van der Waals surface area (Å²) in [7, 11) is 1.77. The molecule has 112 valence electrons.